The summed E-state index contributed by atoms with van der Waals surface area (Å²) in [5.74, 6) is -3.01. The van der Waals surface area contributed by atoms with Gasteiger partial charge in [-0.2, -0.15) is 12.7 Å². The normalized spacial score (nSPS) is 19.8. The molecule has 274 valence electrons. The highest BCUT2D eigenvalue weighted by atomic mass is 35.5. The summed E-state index contributed by atoms with van der Waals surface area (Å²) in [6, 6.07) is 3.66. The maximum absolute atomic E-state index is 15.6. The van der Waals surface area contributed by atoms with Crippen molar-refractivity contribution in [3.8, 4) is 5.75 Å². The molecule has 3 fully saturated rings. The number of hydrogen-bond acceptors (Lipinski definition) is 10. The van der Waals surface area contributed by atoms with Crippen molar-refractivity contribution in [2.45, 2.75) is 63.7 Å². The van der Waals surface area contributed by atoms with Crippen LogP contribution in [-0.4, -0.2) is 107 Å². The maximum atomic E-state index is 15.6. The molecular formula is C35H41ClFN5O8S. The number of nitrogens with one attached hydrogen (secondary N) is 1. The molecule has 0 spiro atoms. The number of hydrogen-bond donors (Lipinski definition) is 1. The van der Waals surface area contributed by atoms with E-state index in [1.807, 2.05) is 13.0 Å². The maximum Gasteiger partial charge on any atom is 0.341 e. The topological polar surface area (TPSA) is 142 Å². The van der Waals surface area contributed by atoms with Gasteiger partial charge in [-0.1, -0.05) is 11.6 Å². The first kappa shape index (κ1) is 35.6. The van der Waals surface area contributed by atoms with Crippen molar-refractivity contribution in [1.82, 2.24) is 18.8 Å². The third kappa shape index (κ3) is 6.70. The summed E-state index contributed by atoms with van der Waals surface area (Å²) in [5.41, 5.74) is 1.61. The number of aryl methyl sites for hydroxylation is 1. The zero-order valence-corrected chi connectivity index (χ0v) is 30.5. The van der Waals surface area contributed by atoms with E-state index in [4.69, 9.17) is 25.5 Å². The number of carbonyl (C=O) groups is 2. The van der Waals surface area contributed by atoms with Gasteiger partial charge in [0.25, 0.3) is 11.8 Å². The fourth-order valence-corrected chi connectivity index (χ4v) is 9.31. The Balaban J connectivity index is 1.13. The fourth-order valence-electron chi connectivity index (χ4n) is 7.35. The first-order valence-corrected chi connectivity index (χ1v) is 18.9. The van der Waals surface area contributed by atoms with Gasteiger partial charge in [-0.05, 0) is 69.8 Å². The molecule has 2 aromatic carbocycles. The summed E-state index contributed by atoms with van der Waals surface area (Å²) >= 11 is 6.91. The predicted molar refractivity (Wildman–Crippen MR) is 188 cm³/mol. The van der Waals surface area contributed by atoms with Gasteiger partial charge in [0.15, 0.2) is 0 Å². The molecule has 1 aromatic heterocycles. The van der Waals surface area contributed by atoms with E-state index in [0.29, 0.717) is 34.7 Å². The van der Waals surface area contributed by atoms with E-state index in [9.17, 15) is 22.8 Å². The van der Waals surface area contributed by atoms with Crippen molar-refractivity contribution in [2.75, 3.05) is 59.0 Å². The van der Waals surface area contributed by atoms with Crippen molar-refractivity contribution < 1.29 is 36.3 Å². The number of fused-ring (bicyclic) bond motifs is 3. The Kier molecular flexibility index (Phi) is 9.54. The number of carbonyl (C=O) groups excluding carboxylic acids is 2. The largest absolute Gasteiger partial charge is 0.496 e. The Hall–Kier alpha value is -3.76. The molecule has 1 atom stereocenters. The van der Waals surface area contributed by atoms with Gasteiger partial charge in [0.2, 0.25) is 0 Å². The van der Waals surface area contributed by atoms with Crippen molar-refractivity contribution in [1.29, 1.82) is 0 Å². The van der Waals surface area contributed by atoms with Crippen LogP contribution >= 0.6 is 11.6 Å². The molecule has 1 N–H and O–H groups in total. The fraction of sp³-hybridized carbons (Fsp3) is 0.514. The Labute approximate surface area is 300 Å². The minimum absolute atomic E-state index is 0.148. The van der Waals surface area contributed by atoms with Crippen LogP contribution < -0.4 is 20.0 Å². The van der Waals surface area contributed by atoms with E-state index in [2.05, 4.69) is 21.6 Å². The van der Waals surface area contributed by atoms with E-state index in [1.54, 1.807) is 7.11 Å². The molecule has 2 aliphatic carbocycles. The van der Waals surface area contributed by atoms with Crippen LogP contribution in [0.2, 0.25) is 5.02 Å². The standard InChI is InChI=1S/C35H41ClFN5O8S/c1-19-29(40-12-11-39(2)22(16-40)18-48-3)15-27(36)31-23-9-10-41(17-26(23)35(45)50-32(19)31)34(44)24-14-30(49-4)25(13-28(24)37)33(43)38-51(46,47)42(20-5-6-20)21-7-8-21/h13-15,20-22H,5-12,16-18H2,1-4H3,(H,38,43)/t22-/m1/s1. The van der Waals surface area contributed by atoms with Gasteiger partial charge in [0.05, 0.1) is 48.0 Å². The molecule has 0 radical (unpaired) electrons. The number of anilines is 1. The summed E-state index contributed by atoms with van der Waals surface area (Å²) < 4.78 is 61.8. The van der Waals surface area contributed by atoms with Crippen LogP contribution in [0, 0.1) is 12.7 Å². The molecule has 3 aromatic rings. The van der Waals surface area contributed by atoms with Gasteiger partial charge >= 0.3 is 15.8 Å². The summed E-state index contributed by atoms with van der Waals surface area (Å²) in [6.07, 6.45) is 3.15. The van der Waals surface area contributed by atoms with Gasteiger partial charge in [-0.15, -0.1) is 0 Å². The lowest BCUT2D eigenvalue weighted by atomic mass is 9.94. The summed E-state index contributed by atoms with van der Waals surface area (Å²) in [4.78, 5) is 46.1. The molecule has 0 bridgehead atoms. The van der Waals surface area contributed by atoms with E-state index < -0.39 is 39.0 Å². The number of nitrogens with zero attached hydrogens (tertiary/aromatic N) is 4. The van der Waals surface area contributed by atoms with Crippen LogP contribution in [0.5, 0.6) is 5.75 Å². The van der Waals surface area contributed by atoms with Crippen molar-refractivity contribution in [3.05, 3.63) is 67.3 Å². The molecule has 3 heterocycles. The lowest BCUT2D eigenvalue weighted by molar-refractivity contribution is 0.0727. The Morgan fingerprint density at radius 3 is 2.41 bits per heavy atom. The molecule has 0 unspecified atom stereocenters. The predicted octanol–water partition coefficient (Wildman–Crippen LogP) is 3.47. The van der Waals surface area contributed by atoms with Gasteiger partial charge in [-0.25, -0.2) is 13.9 Å². The van der Waals surface area contributed by atoms with Crippen LogP contribution in [0.1, 0.15) is 63.1 Å². The van der Waals surface area contributed by atoms with Crippen LogP contribution in [-0.2, 0) is 27.9 Å². The number of piperazine rings is 1. The highest BCUT2D eigenvalue weighted by Gasteiger charge is 2.47. The average molecular weight is 746 g/mol. The minimum Gasteiger partial charge on any atom is -0.496 e. The lowest BCUT2D eigenvalue weighted by Crippen LogP contribution is -2.53. The number of rotatable bonds is 10. The average Bonchev–Trinajstić information content (AvgIpc) is 4.04. The second-order valence-electron chi connectivity index (χ2n) is 13.8. The quantitative estimate of drug-likeness (QED) is 0.307. The SMILES string of the molecule is COC[C@H]1CN(c2cc(Cl)c3c4c(c(=O)oc3c2C)CN(C(=O)c2cc(OC)c(C(=O)NS(=O)(=O)N(C3CC3)C3CC3)cc2F)CC4)CCN1C. The van der Waals surface area contributed by atoms with Crippen molar-refractivity contribution in [3.63, 3.8) is 0 Å². The number of methoxy groups -OCH3 is 2. The van der Waals surface area contributed by atoms with Crippen LogP contribution in [0.4, 0.5) is 10.1 Å². The van der Waals surface area contributed by atoms with Gasteiger partial charge in [-0.3, -0.25) is 14.5 Å². The number of halogens is 2. The third-order valence-corrected chi connectivity index (χ3v) is 12.3. The minimum atomic E-state index is -4.17. The van der Waals surface area contributed by atoms with E-state index in [1.165, 1.54) is 16.3 Å². The molecule has 13 nitrogen and oxygen atoms in total. The Morgan fingerprint density at radius 1 is 1.06 bits per heavy atom. The number of likely N-dealkylation sites (N-methyl/N-ethyl adjacent to an activating group) is 1. The van der Waals surface area contributed by atoms with Crippen LogP contribution in [0.3, 0.4) is 0 Å². The molecule has 51 heavy (non-hydrogen) atoms. The zero-order chi connectivity index (χ0) is 36.4. The van der Waals surface area contributed by atoms with Crippen LogP contribution in [0.15, 0.2) is 27.4 Å². The smallest absolute Gasteiger partial charge is 0.341 e. The van der Waals surface area contributed by atoms with E-state index in [0.717, 1.165) is 62.2 Å². The third-order valence-electron chi connectivity index (χ3n) is 10.4. The molecule has 1 saturated heterocycles. The molecule has 4 aliphatic rings. The Morgan fingerprint density at radius 2 is 1.76 bits per heavy atom. The first-order valence-electron chi connectivity index (χ1n) is 17.1. The summed E-state index contributed by atoms with van der Waals surface area (Å²) in [6.45, 7) is 4.77. The summed E-state index contributed by atoms with van der Waals surface area (Å²) in [5, 5.41) is 1.04. The van der Waals surface area contributed by atoms with Crippen molar-refractivity contribution >= 4 is 50.3 Å². The first-order chi connectivity index (χ1) is 24.3. The zero-order valence-electron chi connectivity index (χ0n) is 29.0. The molecule has 7 rings (SSSR count). The van der Waals surface area contributed by atoms with E-state index >= 15 is 4.39 Å². The number of benzene rings is 2. The van der Waals surface area contributed by atoms with Crippen LogP contribution in [0.25, 0.3) is 11.0 Å². The highest BCUT2D eigenvalue weighted by molar-refractivity contribution is 7.87. The van der Waals surface area contributed by atoms with Crippen molar-refractivity contribution in [2.24, 2.45) is 0 Å². The lowest BCUT2D eigenvalue weighted by Gasteiger charge is -2.41. The molecule has 2 saturated carbocycles. The van der Waals surface area contributed by atoms with Gasteiger partial charge < -0.3 is 23.7 Å². The van der Waals surface area contributed by atoms with Gasteiger partial charge in [0.1, 0.15) is 17.1 Å². The second-order valence-corrected chi connectivity index (χ2v) is 15.8. The number of amides is 2. The molecule has 2 aliphatic heterocycles. The van der Waals surface area contributed by atoms with Gasteiger partial charge in [0, 0.05) is 62.0 Å². The van der Waals surface area contributed by atoms with E-state index in [-0.39, 0.29) is 54.5 Å². The number of ether oxygens (including phenoxy) is 2. The monoisotopic (exact) mass is 745 g/mol. The molecule has 2 amide bonds. The highest BCUT2D eigenvalue weighted by Crippen LogP contribution is 2.40. The molecule has 16 heteroatoms. The Bertz CT molecular complexity index is 2070. The summed E-state index contributed by atoms with van der Waals surface area (Å²) in [7, 11) is 0.806. The molecular weight excluding hydrogens is 705 g/mol. The second kappa shape index (κ2) is 13.7.